The molecule has 3 rings (SSSR count). The highest BCUT2D eigenvalue weighted by molar-refractivity contribution is 7.20. The van der Waals surface area contributed by atoms with Crippen LogP contribution in [0, 0.1) is 13.8 Å². The number of aryl methyl sites for hydroxylation is 2. The number of ether oxygens (including phenoxy) is 4. The first-order valence-electron chi connectivity index (χ1n) is 10.4. The van der Waals surface area contributed by atoms with E-state index in [0.717, 1.165) is 21.3 Å². The van der Waals surface area contributed by atoms with Gasteiger partial charge < -0.3 is 24.3 Å². The van der Waals surface area contributed by atoms with Crippen molar-refractivity contribution in [1.29, 1.82) is 0 Å². The molecule has 9 heteroatoms. The van der Waals surface area contributed by atoms with Crippen LogP contribution in [-0.4, -0.2) is 50.0 Å². The summed E-state index contributed by atoms with van der Waals surface area (Å²) in [5.41, 5.74) is 1.82. The summed E-state index contributed by atoms with van der Waals surface area (Å²) in [6.45, 7) is 8.84. The number of nitrogens with one attached hydrogen (secondary N) is 1. The van der Waals surface area contributed by atoms with Gasteiger partial charge >= 0.3 is 5.97 Å². The quantitative estimate of drug-likeness (QED) is 0.345. The lowest BCUT2D eigenvalue weighted by molar-refractivity contribution is 0.0531. The van der Waals surface area contributed by atoms with Crippen LogP contribution in [0.15, 0.2) is 18.2 Å². The van der Waals surface area contributed by atoms with Gasteiger partial charge in [-0.05, 0) is 51.0 Å². The van der Waals surface area contributed by atoms with Crippen molar-refractivity contribution in [2.24, 2.45) is 0 Å². The molecule has 1 N–H and O–H groups in total. The van der Waals surface area contributed by atoms with E-state index in [4.69, 9.17) is 18.9 Å². The van der Waals surface area contributed by atoms with Crippen LogP contribution in [0.4, 0.5) is 5.82 Å². The number of hydrogen-bond donors (Lipinski definition) is 1. The number of carbonyl (C=O) groups excluding carboxylic acids is 1. The minimum atomic E-state index is -0.335. The van der Waals surface area contributed by atoms with Crippen LogP contribution in [-0.2, 0) is 9.47 Å². The molecule has 1 aromatic carbocycles. The maximum atomic E-state index is 12.4. The number of carbonyl (C=O) groups is 1. The maximum absolute atomic E-state index is 12.4. The van der Waals surface area contributed by atoms with Gasteiger partial charge in [0.1, 0.15) is 28.0 Å². The van der Waals surface area contributed by atoms with Crippen LogP contribution in [0.1, 0.15) is 46.5 Å². The summed E-state index contributed by atoms with van der Waals surface area (Å²) in [4.78, 5) is 22.8. The van der Waals surface area contributed by atoms with Crippen LogP contribution < -0.4 is 14.8 Å². The summed E-state index contributed by atoms with van der Waals surface area (Å²) in [7, 11) is 3.25. The smallest absolute Gasteiger partial charge is 0.348 e. The van der Waals surface area contributed by atoms with E-state index in [9.17, 15) is 4.79 Å². The molecule has 0 saturated carbocycles. The molecule has 0 radical (unpaired) electrons. The number of thiophene rings is 1. The van der Waals surface area contributed by atoms with E-state index >= 15 is 0 Å². The maximum Gasteiger partial charge on any atom is 0.348 e. The lowest BCUT2D eigenvalue weighted by atomic mass is 10.1. The van der Waals surface area contributed by atoms with E-state index in [1.807, 2.05) is 39.0 Å². The standard InChI is InChI=1S/C23H29N3O5S/c1-7-30-23(27)20-13(2)19-21(25-15(4)26-22(19)32-20)24-14(3)16-8-9-17(18(12-16)29-6)31-11-10-28-5/h8-9,12,14H,7,10-11H2,1-6H3,(H,24,25,26). The van der Waals surface area contributed by atoms with Crippen molar-refractivity contribution in [3.8, 4) is 11.5 Å². The van der Waals surface area contributed by atoms with Gasteiger partial charge in [-0.15, -0.1) is 11.3 Å². The van der Waals surface area contributed by atoms with Crippen molar-refractivity contribution in [2.75, 3.05) is 39.4 Å². The number of benzene rings is 1. The van der Waals surface area contributed by atoms with Crippen LogP contribution in [0.2, 0.25) is 0 Å². The predicted octanol–water partition coefficient (Wildman–Crippen LogP) is 4.69. The van der Waals surface area contributed by atoms with Crippen LogP contribution in [0.25, 0.3) is 10.2 Å². The molecule has 2 aromatic heterocycles. The van der Waals surface area contributed by atoms with Gasteiger partial charge in [-0.1, -0.05) is 6.07 Å². The zero-order valence-electron chi connectivity index (χ0n) is 19.3. The van der Waals surface area contributed by atoms with Gasteiger partial charge in [0.15, 0.2) is 11.5 Å². The minimum Gasteiger partial charge on any atom is -0.493 e. The highest BCUT2D eigenvalue weighted by atomic mass is 32.1. The van der Waals surface area contributed by atoms with Crippen molar-refractivity contribution in [2.45, 2.75) is 33.7 Å². The van der Waals surface area contributed by atoms with Crippen molar-refractivity contribution in [1.82, 2.24) is 9.97 Å². The number of nitrogens with zero attached hydrogens (tertiary/aromatic N) is 2. The second kappa shape index (κ2) is 10.6. The molecule has 172 valence electrons. The van der Waals surface area contributed by atoms with Gasteiger partial charge in [0.2, 0.25) is 0 Å². The molecule has 0 aliphatic carbocycles. The Hall–Kier alpha value is -2.91. The molecule has 0 amide bonds. The van der Waals surface area contributed by atoms with E-state index in [1.54, 1.807) is 21.1 Å². The SMILES string of the molecule is CCOC(=O)c1sc2nc(C)nc(NC(C)c3ccc(OCCOC)c(OC)c3)c2c1C. The molecule has 32 heavy (non-hydrogen) atoms. The third kappa shape index (κ3) is 5.11. The molecular formula is C23H29N3O5S. The normalized spacial score (nSPS) is 11.9. The Kier molecular flexibility index (Phi) is 7.87. The number of methoxy groups -OCH3 is 2. The number of esters is 1. The van der Waals surface area contributed by atoms with E-state index < -0.39 is 0 Å². The monoisotopic (exact) mass is 459 g/mol. The Morgan fingerprint density at radius 1 is 1.16 bits per heavy atom. The first kappa shape index (κ1) is 23.7. The fraction of sp³-hybridized carbons (Fsp3) is 0.435. The zero-order valence-corrected chi connectivity index (χ0v) is 20.1. The molecule has 0 spiro atoms. The second-order valence-electron chi connectivity index (χ2n) is 7.19. The number of aromatic nitrogens is 2. The average molecular weight is 460 g/mol. The van der Waals surface area contributed by atoms with Gasteiger partial charge in [0.05, 0.1) is 31.8 Å². The highest BCUT2D eigenvalue weighted by Gasteiger charge is 2.22. The molecule has 1 atom stereocenters. The summed E-state index contributed by atoms with van der Waals surface area (Å²) in [6.07, 6.45) is 0. The lowest BCUT2D eigenvalue weighted by Crippen LogP contribution is -2.10. The molecule has 8 nitrogen and oxygen atoms in total. The summed E-state index contributed by atoms with van der Waals surface area (Å²) in [6, 6.07) is 5.73. The van der Waals surface area contributed by atoms with Gasteiger partial charge in [-0.3, -0.25) is 0 Å². The number of hydrogen-bond acceptors (Lipinski definition) is 9. The summed E-state index contributed by atoms with van der Waals surface area (Å²) >= 11 is 1.33. The second-order valence-corrected chi connectivity index (χ2v) is 8.19. The van der Waals surface area contributed by atoms with E-state index in [-0.39, 0.29) is 12.0 Å². The van der Waals surface area contributed by atoms with Crippen molar-refractivity contribution in [3.63, 3.8) is 0 Å². The fourth-order valence-corrected chi connectivity index (χ4v) is 4.46. The summed E-state index contributed by atoms with van der Waals surface area (Å²) in [5, 5.41) is 4.31. The first-order chi connectivity index (χ1) is 15.4. The molecule has 0 fully saturated rings. The molecule has 1 unspecified atom stereocenters. The zero-order chi connectivity index (χ0) is 23.3. The third-order valence-electron chi connectivity index (χ3n) is 4.95. The Morgan fingerprint density at radius 3 is 2.62 bits per heavy atom. The number of rotatable bonds is 10. The summed E-state index contributed by atoms with van der Waals surface area (Å²) < 4.78 is 21.5. The van der Waals surface area contributed by atoms with Gasteiger partial charge in [-0.25, -0.2) is 14.8 Å². The molecule has 0 aliphatic heterocycles. The van der Waals surface area contributed by atoms with Gasteiger partial charge in [0, 0.05) is 7.11 Å². The Labute approximate surface area is 191 Å². The Morgan fingerprint density at radius 2 is 1.94 bits per heavy atom. The largest absolute Gasteiger partial charge is 0.493 e. The first-order valence-corrected chi connectivity index (χ1v) is 11.2. The Bertz CT molecular complexity index is 1100. The van der Waals surface area contributed by atoms with E-state index in [2.05, 4.69) is 15.3 Å². The number of anilines is 1. The van der Waals surface area contributed by atoms with Crippen molar-refractivity contribution >= 4 is 33.3 Å². The van der Waals surface area contributed by atoms with Crippen LogP contribution >= 0.6 is 11.3 Å². The molecular weight excluding hydrogens is 430 g/mol. The topological polar surface area (TPSA) is 91.8 Å². The van der Waals surface area contributed by atoms with Crippen LogP contribution in [0.3, 0.4) is 0 Å². The van der Waals surface area contributed by atoms with Crippen molar-refractivity contribution < 1.29 is 23.7 Å². The average Bonchev–Trinajstić information content (AvgIpc) is 3.10. The van der Waals surface area contributed by atoms with Gasteiger partial charge in [0.25, 0.3) is 0 Å². The van der Waals surface area contributed by atoms with Crippen LogP contribution in [0.5, 0.6) is 11.5 Å². The van der Waals surface area contributed by atoms with Crippen molar-refractivity contribution in [3.05, 3.63) is 40.0 Å². The fourth-order valence-electron chi connectivity index (χ4n) is 3.34. The Balaban J connectivity index is 1.91. The molecule has 0 aliphatic rings. The molecule has 2 heterocycles. The lowest BCUT2D eigenvalue weighted by Gasteiger charge is -2.18. The molecule has 0 saturated heterocycles. The third-order valence-corrected chi connectivity index (χ3v) is 6.11. The minimum absolute atomic E-state index is 0.0835. The predicted molar refractivity (Wildman–Crippen MR) is 125 cm³/mol. The van der Waals surface area contributed by atoms with E-state index in [0.29, 0.717) is 47.8 Å². The van der Waals surface area contributed by atoms with E-state index in [1.165, 1.54) is 11.3 Å². The molecule has 0 bridgehead atoms. The molecule has 3 aromatic rings. The summed E-state index contributed by atoms with van der Waals surface area (Å²) in [5.74, 6) is 2.28. The highest BCUT2D eigenvalue weighted by Crippen LogP contribution is 2.36. The van der Waals surface area contributed by atoms with Gasteiger partial charge in [-0.2, -0.15) is 0 Å². The number of fused-ring (bicyclic) bond motifs is 1.